The van der Waals surface area contributed by atoms with Gasteiger partial charge in [0.25, 0.3) is 5.91 Å². The normalized spacial score (nSPS) is 25.9. The van der Waals surface area contributed by atoms with Crippen LogP contribution >= 0.6 is 0 Å². The lowest BCUT2D eigenvalue weighted by Crippen LogP contribution is -2.57. The Hall–Kier alpha value is -4.68. The van der Waals surface area contributed by atoms with Gasteiger partial charge in [-0.2, -0.15) is 13.2 Å². The molecule has 4 aromatic rings. The largest absolute Gasteiger partial charge is 0.490 e. The molecule has 4 unspecified atom stereocenters. The van der Waals surface area contributed by atoms with E-state index in [1.807, 2.05) is 24.4 Å². The highest BCUT2D eigenvalue weighted by molar-refractivity contribution is 6.00. The molecule has 4 atom stereocenters. The highest BCUT2D eigenvalue weighted by Crippen LogP contribution is 2.51. The van der Waals surface area contributed by atoms with Crippen LogP contribution in [0.3, 0.4) is 0 Å². The molecule has 10 nitrogen and oxygen atoms in total. The third kappa shape index (κ3) is 7.26. The quantitative estimate of drug-likeness (QED) is 0.183. The van der Waals surface area contributed by atoms with Crippen molar-refractivity contribution in [3.63, 3.8) is 0 Å². The van der Waals surface area contributed by atoms with Gasteiger partial charge in [0.15, 0.2) is 5.69 Å². The Morgan fingerprint density at radius 3 is 2.40 bits per heavy atom. The van der Waals surface area contributed by atoms with Crippen molar-refractivity contribution in [1.82, 2.24) is 24.8 Å². The minimum Gasteiger partial charge on any atom is -0.490 e. The van der Waals surface area contributed by atoms with E-state index in [0.717, 1.165) is 75.0 Å². The van der Waals surface area contributed by atoms with Crippen LogP contribution in [0.15, 0.2) is 55.0 Å². The summed E-state index contributed by atoms with van der Waals surface area (Å²) in [6.07, 6.45) is 8.15. The molecule has 1 aliphatic heterocycles. The summed E-state index contributed by atoms with van der Waals surface area (Å²) in [5, 5.41) is 13.7. The van der Waals surface area contributed by atoms with Gasteiger partial charge in [-0.3, -0.25) is 4.79 Å². The van der Waals surface area contributed by atoms with Crippen LogP contribution in [0, 0.1) is 23.2 Å². The van der Waals surface area contributed by atoms with Crippen molar-refractivity contribution in [2.24, 2.45) is 23.2 Å². The maximum Gasteiger partial charge on any atom is 0.434 e. The number of aliphatic carboxylic acids is 1. The number of aromatic nitrogens is 4. The van der Waals surface area contributed by atoms with E-state index < -0.39 is 34.8 Å². The third-order valence-electron chi connectivity index (χ3n) is 12.8. The fourth-order valence-corrected chi connectivity index (χ4v) is 9.98. The van der Waals surface area contributed by atoms with Crippen molar-refractivity contribution >= 4 is 28.7 Å². The lowest BCUT2D eigenvalue weighted by atomic mass is 9.75. The molecular weight excluding hydrogens is 709 g/mol. The summed E-state index contributed by atoms with van der Waals surface area (Å²) in [6.45, 7) is 8.10. The van der Waals surface area contributed by atoms with Gasteiger partial charge < -0.3 is 24.6 Å². The molecule has 4 fully saturated rings. The first kappa shape index (κ1) is 37.3. The Kier molecular flexibility index (Phi) is 9.56. The molecule has 13 heteroatoms. The van der Waals surface area contributed by atoms with Crippen LogP contribution in [-0.4, -0.2) is 61.2 Å². The van der Waals surface area contributed by atoms with E-state index in [9.17, 15) is 27.9 Å². The Morgan fingerprint density at radius 1 is 0.982 bits per heavy atom. The van der Waals surface area contributed by atoms with Gasteiger partial charge >= 0.3 is 12.1 Å². The lowest BCUT2D eigenvalue weighted by molar-refractivity contribution is -0.146. The summed E-state index contributed by atoms with van der Waals surface area (Å²) >= 11 is 0. The summed E-state index contributed by atoms with van der Waals surface area (Å²) in [6, 6.07) is 10.3. The molecule has 0 radical (unpaired) electrons. The van der Waals surface area contributed by atoms with Gasteiger partial charge in [-0.25, -0.2) is 19.7 Å². The number of alkyl halides is 3. The Bertz CT molecular complexity index is 2070. The maximum absolute atomic E-state index is 14.8. The standard InChI is InChI=1S/C42H49F3N6O4/c1-25-19-26-21-27(20-25)41(23-26,38(53)54)49-37(52)32-7-8-34(48-36(32)42(43,44)45)33-24-51(28-9-13-40(2,3)14-10-28)35-22-30(5-6-31(33)35)55-29-11-17-50(18-12-29)39-46-15-4-16-47-39/h4-8,15-16,22,24-29H,9-14,17-21,23H2,1-3H3,(H,49,52)(H,53,54). The number of amides is 1. The third-order valence-corrected chi connectivity index (χ3v) is 12.8. The molecule has 1 saturated heterocycles. The average Bonchev–Trinajstić information content (AvgIpc) is 3.65. The number of benzene rings is 1. The minimum absolute atomic E-state index is 0.0158. The van der Waals surface area contributed by atoms with E-state index in [-0.39, 0.29) is 47.4 Å². The van der Waals surface area contributed by atoms with Crippen molar-refractivity contribution in [2.45, 2.75) is 109 Å². The second-order valence-electron chi connectivity index (χ2n) is 17.3. The SMILES string of the molecule is CC1CC2CC(C1)C(NC(=O)c1ccc(-c3cn(C4CCC(C)(C)CC4)c4cc(OC5CCN(c6ncccn6)CC5)ccc34)nc1C(F)(F)F)(C(=O)O)C2. The van der Waals surface area contributed by atoms with Crippen LogP contribution in [0.5, 0.6) is 5.75 Å². The van der Waals surface area contributed by atoms with E-state index in [2.05, 4.69) is 50.5 Å². The number of nitrogens with zero attached hydrogens (tertiary/aromatic N) is 5. The molecule has 1 amide bonds. The van der Waals surface area contributed by atoms with Crippen LogP contribution in [-0.2, 0) is 11.0 Å². The zero-order chi connectivity index (χ0) is 38.7. The zero-order valence-corrected chi connectivity index (χ0v) is 31.6. The van der Waals surface area contributed by atoms with E-state index in [0.29, 0.717) is 30.1 Å². The molecule has 2 bridgehead atoms. The zero-order valence-electron chi connectivity index (χ0n) is 31.6. The number of anilines is 1. The second kappa shape index (κ2) is 14.1. The van der Waals surface area contributed by atoms with Gasteiger partial charge in [-0.15, -0.1) is 0 Å². The molecule has 0 spiro atoms. The number of carbonyl (C=O) groups is 2. The summed E-state index contributed by atoms with van der Waals surface area (Å²) in [5.41, 5.74) is -1.93. The van der Waals surface area contributed by atoms with Crippen molar-refractivity contribution in [2.75, 3.05) is 18.0 Å². The van der Waals surface area contributed by atoms with Gasteiger partial charge in [0.05, 0.1) is 16.8 Å². The number of hydrogen-bond acceptors (Lipinski definition) is 7. The number of carboxylic acids is 1. The average molecular weight is 759 g/mol. The molecule has 292 valence electrons. The molecule has 8 rings (SSSR count). The number of carbonyl (C=O) groups excluding carboxylic acids is 1. The molecule has 1 aromatic carbocycles. The molecule has 3 aliphatic carbocycles. The smallest absolute Gasteiger partial charge is 0.434 e. The molecule has 55 heavy (non-hydrogen) atoms. The van der Waals surface area contributed by atoms with Crippen LogP contribution in [0.2, 0.25) is 0 Å². The molecular formula is C42H49F3N6O4. The number of carboxylic acid groups (broad SMARTS) is 1. The fourth-order valence-electron chi connectivity index (χ4n) is 9.98. The molecule has 3 aromatic heterocycles. The Balaban J connectivity index is 1.11. The Labute approximate surface area is 318 Å². The van der Waals surface area contributed by atoms with Gasteiger partial charge in [0.1, 0.15) is 17.4 Å². The highest BCUT2D eigenvalue weighted by atomic mass is 19.4. The fraction of sp³-hybridized carbons (Fsp3) is 0.548. The number of ether oxygens (including phenoxy) is 1. The van der Waals surface area contributed by atoms with Crippen LogP contribution in [0.4, 0.5) is 19.1 Å². The molecule has 3 saturated carbocycles. The first-order valence-electron chi connectivity index (χ1n) is 19.7. The van der Waals surface area contributed by atoms with E-state index in [1.54, 1.807) is 18.5 Å². The van der Waals surface area contributed by atoms with E-state index in [1.165, 1.54) is 6.07 Å². The first-order valence-corrected chi connectivity index (χ1v) is 19.7. The summed E-state index contributed by atoms with van der Waals surface area (Å²) in [4.78, 5) is 41.4. The number of piperidine rings is 1. The van der Waals surface area contributed by atoms with Crippen LogP contribution < -0.4 is 15.0 Å². The predicted molar refractivity (Wildman–Crippen MR) is 202 cm³/mol. The minimum atomic E-state index is -4.96. The number of fused-ring (bicyclic) bond motifs is 3. The Morgan fingerprint density at radius 2 is 1.71 bits per heavy atom. The second-order valence-corrected chi connectivity index (χ2v) is 17.3. The number of nitrogens with one attached hydrogen (secondary N) is 1. The number of pyridine rings is 1. The van der Waals surface area contributed by atoms with E-state index in [4.69, 9.17) is 4.74 Å². The van der Waals surface area contributed by atoms with Crippen molar-refractivity contribution < 1.29 is 32.6 Å². The van der Waals surface area contributed by atoms with Gasteiger partial charge in [-0.05, 0) is 105 Å². The number of rotatable bonds is 8. The van der Waals surface area contributed by atoms with Crippen molar-refractivity contribution in [3.05, 3.63) is 66.2 Å². The highest BCUT2D eigenvalue weighted by Gasteiger charge is 2.56. The van der Waals surface area contributed by atoms with Crippen molar-refractivity contribution in [1.29, 1.82) is 0 Å². The van der Waals surface area contributed by atoms with Crippen molar-refractivity contribution in [3.8, 4) is 17.0 Å². The molecule has 4 aliphatic rings. The molecule has 2 N–H and O–H groups in total. The number of halogens is 3. The first-order chi connectivity index (χ1) is 26.2. The lowest BCUT2D eigenvalue weighted by Gasteiger charge is -2.35. The monoisotopic (exact) mass is 758 g/mol. The maximum atomic E-state index is 14.8. The summed E-state index contributed by atoms with van der Waals surface area (Å²) in [7, 11) is 0. The topological polar surface area (TPSA) is 122 Å². The van der Waals surface area contributed by atoms with Gasteiger partial charge in [-0.1, -0.05) is 20.8 Å². The van der Waals surface area contributed by atoms with E-state index >= 15 is 0 Å². The summed E-state index contributed by atoms with van der Waals surface area (Å²) in [5.74, 6) is -0.819. The van der Waals surface area contributed by atoms with Gasteiger partial charge in [0.2, 0.25) is 5.95 Å². The van der Waals surface area contributed by atoms with Gasteiger partial charge in [0, 0.05) is 67.6 Å². The van der Waals surface area contributed by atoms with Crippen LogP contribution in [0.1, 0.15) is 107 Å². The number of hydrogen-bond donors (Lipinski definition) is 2. The predicted octanol–water partition coefficient (Wildman–Crippen LogP) is 8.71. The summed E-state index contributed by atoms with van der Waals surface area (Å²) < 4.78 is 53.2. The van der Waals surface area contributed by atoms with Crippen LogP contribution in [0.25, 0.3) is 22.2 Å². The molecule has 4 heterocycles.